The van der Waals surface area contributed by atoms with Gasteiger partial charge in [-0.15, -0.1) is 0 Å². The Labute approximate surface area is 147 Å². The molecule has 1 heterocycles. The topological polar surface area (TPSA) is 40.6 Å². The highest BCUT2D eigenvalue weighted by Crippen LogP contribution is 2.37. The minimum atomic E-state index is -0.160. The molecule has 4 nitrogen and oxygen atoms in total. The second-order valence-electron chi connectivity index (χ2n) is 6.11. The van der Waals surface area contributed by atoms with Crippen molar-refractivity contribution in [3.63, 3.8) is 0 Å². The van der Waals surface area contributed by atoms with E-state index in [2.05, 4.69) is 0 Å². The summed E-state index contributed by atoms with van der Waals surface area (Å²) >= 11 is 0. The molecular formula is C21H20N2O2. The average molecular weight is 332 g/mol. The number of nitrogens with zero attached hydrogens (tertiary/aromatic N) is 2. The van der Waals surface area contributed by atoms with Crippen LogP contribution in [-0.2, 0) is 9.59 Å². The summed E-state index contributed by atoms with van der Waals surface area (Å²) in [7, 11) is 3.38. The molecule has 0 spiro atoms. The lowest BCUT2D eigenvalue weighted by Gasteiger charge is -2.29. The molecule has 0 aromatic heterocycles. The molecule has 0 unspecified atom stereocenters. The summed E-state index contributed by atoms with van der Waals surface area (Å²) in [4.78, 5) is 27.5. The summed E-state index contributed by atoms with van der Waals surface area (Å²) in [6.07, 6.45) is 3.33. The molecule has 0 aliphatic carbocycles. The molecular weight excluding hydrogens is 312 g/mol. The van der Waals surface area contributed by atoms with Gasteiger partial charge in [0.15, 0.2) is 0 Å². The second kappa shape index (κ2) is 6.77. The van der Waals surface area contributed by atoms with Crippen LogP contribution in [0, 0.1) is 0 Å². The Hall–Kier alpha value is -3.14. The fraction of sp³-hybridized carbons (Fsp3) is 0.143. The number of likely N-dealkylation sites (N-methyl/N-ethyl adjacent to an activating group) is 1. The van der Waals surface area contributed by atoms with Crippen molar-refractivity contribution in [3.05, 3.63) is 83.6 Å². The van der Waals surface area contributed by atoms with Crippen LogP contribution in [0.5, 0.6) is 0 Å². The van der Waals surface area contributed by atoms with E-state index in [0.717, 1.165) is 22.3 Å². The van der Waals surface area contributed by atoms with Crippen molar-refractivity contribution < 1.29 is 9.59 Å². The lowest BCUT2D eigenvalue weighted by Crippen LogP contribution is -2.28. The van der Waals surface area contributed by atoms with Gasteiger partial charge >= 0.3 is 0 Å². The van der Waals surface area contributed by atoms with Crippen LogP contribution in [0.15, 0.2) is 66.9 Å². The number of carbonyl (C=O) groups is 2. The van der Waals surface area contributed by atoms with Gasteiger partial charge in [-0.05, 0) is 11.1 Å². The lowest BCUT2D eigenvalue weighted by molar-refractivity contribution is -0.123. The standard InChI is InChI=1S/C21H20N2O2/c1-15(24)23-14-19(16-9-5-4-6-10-16)17-11-7-8-12-18(17)20(23)13-21(25)22(2)3/h4-14H,1-3H3/b20-13-. The first kappa shape index (κ1) is 16.7. The highest BCUT2D eigenvalue weighted by molar-refractivity contribution is 6.03. The predicted molar refractivity (Wildman–Crippen MR) is 99.2 cm³/mol. The zero-order valence-corrected chi connectivity index (χ0v) is 14.6. The minimum absolute atomic E-state index is 0.138. The van der Waals surface area contributed by atoms with Crippen LogP contribution in [0.25, 0.3) is 11.3 Å². The third kappa shape index (κ3) is 3.24. The molecule has 25 heavy (non-hydrogen) atoms. The maximum absolute atomic E-state index is 12.3. The molecule has 0 saturated heterocycles. The fourth-order valence-corrected chi connectivity index (χ4v) is 2.84. The van der Waals surface area contributed by atoms with Crippen molar-refractivity contribution >= 4 is 23.1 Å². The SMILES string of the molecule is CC(=O)N1C=C(c2ccccc2)c2ccccc2/C1=C/C(=O)N(C)C. The lowest BCUT2D eigenvalue weighted by atomic mass is 9.89. The first-order chi connectivity index (χ1) is 12.0. The third-order valence-electron chi connectivity index (χ3n) is 4.14. The minimum Gasteiger partial charge on any atom is -0.345 e. The van der Waals surface area contributed by atoms with Gasteiger partial charge in [-0.1, -0.05) is 54.6 Å². The normalized spacial score (nSPS) is 14.8. The molecule has 4 heteroatoms. The average Bonchev–Trinajstić information content (AvgIpc) is 2.62. The van der Waals surface area contributed by atoms with Crippen molar-refractivity contribution in [3.8, 4) is 0 Å². The van der Waals surface area contributed by atoms with E-state index in [9.17, 15) is 9.59 Å². The van der Waals surface area contributed by atoms with Crippen LogP contribution < -0.4 is 0 Å². The first-order valence-corrected chi connectivity index (χ1v) is 8.09. The monoisotopic (exact) mass is 332 g/mol. The number of hydrogen-bond acceptors (Lipinski definition) is 2. The predicted octanol–water partition coefficient (Wildman–Crippen LogP) is 3.37. The van der Waals surface area contributed by atoms with Gasteiger partial charge in [-0.25, -0.2) is 0 Å². The van der Waals surface area contributed by atoms with Crippen LogP contribution >= 0.6 is 0 Å². The van der Waals surface area contributed by atoms with Gasteiger partial charge in [0.25, 0.3) is 0 Å². The Bertz CT molecular complexity index is 880. The van der Waals surface area contributed by atoms with Crippen molar-refractivity contribution in [2.75, 3.05) is 14.1 Å². The van der Waals surface area contributed by atoms with E-state index in [4.69, 9.17) is 0 Å². The number of fused-ring (bicyclic) bond motifs is 1. The van der Waals surface area contributed by atoms with Gasteiger partial charge in [-0.3, -0.25) is 14.5 Å². The summed E-state index contributed by atoms with van der Waals surface area (Å²) < 4.78 is 0. The Morgan fingerprint density at radius 1 is 0.920 bits per heavy atom. The largest absolute Gasteiger partial charge is 0.345 e. The molecule has 1 aliphatic heterocycles. The summed E-state index contributed by atoms with van der Waals surface area (Å²) in [5, 5.41) is 0. The molecule has 126 valence electrons. The van der Waals surface area contributed by atoms with Gasteiger partial charge in [0.2, 0.25) is 11.8 Å². The third-order valence-corrected chi connectivity index (χ3v) is 4.14. The summed E-state index contributed by atoms with van der Waals surface area (Å²) in [5.74, 6) is -0.298. The number of benzene rings is 2. The van der Waals surface area contributed by atoms with E-state index in [1.165, 1.54) is 17.9 Å². The van der Waals surface area contributed by atoms with Crippen LogP contribution in [0.4, 0.5) is 0 Å². The van der Waals surface area contributed by atoms with Crippen LogP contribution in [-0.4, -0.2) is 35.7 Å². The van der Waals surface area contributed by atoms with E-state index in [0.29, 0.717) is 5.70 Å². The fourth-order valence-electron chi connectivity index (χ4n) is 2.84. The Morgan fingerprint density at radius 3 is 2.12 bits per heavy atom. The molecule has 0 N–H and O–H groups in total. The molecule has 0 atom stereocenters. The highest BCUT2D eigenvalue weighted by atomic mass is 16.2. The van der Waals surface area contributed by atoms with Crippen molar-refractivity contribution in [2.45, 2.75) is 6.92 Å². The first-order valence-electron chi connectivity index (χ1n) is 8.09. The zero-order valence-electron chi connectivity index (χ0n) is 14.6. The molecule has 3 rings (SSSR count). The van der Waals surface area contributed by atoms with E-state index in [1.54, 1.807) is 19.0 Å². The quantitative estimate of drug-likeness (QED) is 0.791. The smallest absolute Gasteiger partial charge is 0.248 e. The summed E-state index contributed by atoms with van der Waals surface area (Å²) in [6, 6.07) is 17.8. The van der Waals surface area contributed by atoms with Crippen molar-refractivity contribution in [1.82, 2.24) is 9.80 Å². The molecule has 2 aromatic carbocycles. The van der Waals surface area contributed by atoms with E-state index in [1.807, 2.05) is 60.8 Å². The van der Waals surface area contributed by atoms with Gasteiger partial charge in [0, 0.05) is 44.4 Å². The van der Waals surface area contributed by atoms with Gasteiger partial charge in [-0.2, -0.15) is 0 Å². The molecule has 1 aliphatic rings. The van der Waals surface area contributed by atoms with E-state index < -0.39 is 0 Å². The molecule has 0 fully saturated rings. The number of amides is 2. The number of carbonyl (C=O) groups excluding carboxylic acids is 2. The molecule has 2 amide bonds. The maximum atomic E-state index is 12.3. The van der Waals surface area contributed by atoms with Gasteiger partial charge in [0.1, 0.15) is 0 Å². The molecule has 0 bridgehead atoms. The van der Waals surface area contributed by atoms with Crippen molar-refractivity contribution in [1.29, 1.82) is 0 Å². The maximum Gasteiger partial charge on any atom is 0.248 e. The number of hydrogen-bond donors (Lipinski definition) is 0. The zero-order chi connectivity index (χ0) is 18.0. The summed E-state index contributed by atoms with van der Waals surface area (Å²) in [5.41, 5.74) is 4.46. The molecule has 2 aromatic rings. The van der Waals surface area contributed by atoms with Crippen molar-refractivity contribution in [2.24, 2.45) is 0 Å². The molecule has 0 saturated carbocycles. The van der Waals surface area contributed by atoms with E-state index >= 15 is 0 Å². The van der Waals surface area contributed by atoms with Crippen LogP contribution in [0.3, 0.4) is 0 Å². The molecule has 0 radical (unpaired) electrons. The van der Waals surface area contributed by atoms with E-state index in [-0.39, 0.29) is 11.8 Å². The van der Waals surface area contributed by atoms with Gasteiger partial charge < -0.3 is 4.90 Å². The Morgan fingerprint density at radius 2 is 1.52 bits per heavy atom. The summed E-state index contributed by atoms with van der Waals surface area (Å²) in [6.45, 7) is 1.50. The van der Waals surface area contributed by atoms with Crippen LogP contribution in [0.1, 0.15) is 23.6 Å². The highest BCUT2D eigenvalue weighted by Gasteiger charge is 2.26. The number of rotatable bonds is 2. The Kier molecular flexibility index (Phi) is 4.52. The van der Waals surface area contributed by atoms with Gasteiger partial charge in [0.05, 0.1) is 5.70 Å². The van der Waals surface area contributed by atoms with Crippen LogP contribution in [0.2, 0.25) is 0 Å². The second-order valence-corrected chi connectivity index (χ2v) is 6.11. The Balaban J connectivity index is 2.23.